The third kappa shape index (κ3) is 2.17. The quantitative estimate of drug-likeness (QED) is 0.486. The number of ether oxygens (including phenoxy) is 3. The van der Waals surface area contributed by atoms with Gasteiger partial charge >= 0.3 is 5.97 Å². The van der Waals surface area contributed by atoms with Crippen molar-refractivity contribution >= 4 is 16.9 Å². The highest BCUT2D eigenvalue weighted by Gasteiger charge is 2.46. The second-order valence-corrected chi connectivity index (χ2v) is 8.95. The summed E-state index contributed by atoms with van der Waals surface area (Å²) < 4.78 is 18.0. The summed E-state index contributed by atoms with van der Waals surface area (Å²) in [6.07, 6.45) is 2.32. The maximum absolute atomic E-state index is 13.4. The van der Waals surface area contributed by atoms with Gasteiger partial charge in [-0.25, -0.2) is 9.78 Å². The molecular formula is C24H20N2O6. The van der Waals surface area contributed by atoms with Crippen molar-refractivity contribution in [2.45, 2.75) is 50.9 Å². The summed E-state index contributed by atoms with van der Waals surface area (Å²) >= 11 is 0. The number of rotatable bonds is 2. The number of fused-ring (bicyclic) bond motifs is 6. The molecule has 7 rings (SSSR count). The lowest BCUT2D eigenvalue weighted by atomic mass is 9.86. The van der Waals surface area contributed by atoms with Gasteiger partial charge in [0.15, 0.2) is 17.1 Å². The first-order valence-corrected chi connectivity index (χ1v) is 10.9. The molecule has 3 aromatic rings. The summed E-state index contributed by atoms with van der Waals surface area (Å²) in [7, 11) is 0. The monoisotopic (exact) mass is 432 g/mol. The van der Waals surface area contributed by atoms with E-state index in [4.69, 9.17) is 19.2 Å². The number of nitrogens with zero attached hydrogens (tertiary/aromatic N) is 2. The standard InChI is InChI=1S/C24H20N2O6/c1-2-24(29)15-6-17-21-13(8-26(17)22(27)14(15)9-30-23(24)28)20(11-3-4-11)12-5-18-19(32-10-31-18)7-16(12)25-21/h5-7,11,29H,2-4,8-10H2,1H3/t24-/m0/s1. The zero-order valence-electron chi connectivity index (χ0n) is 17.4. The van der Waals surface area contributed by atoms with Crippen LogP contribution < -0.4 is 15.0 Å². The van der Waals surface area contributed by atoms with Crippen LogP contribution in [0, 0.1) is 0 Å². The van der Waals surface area contributed by atoms with E-state index in [1.54, 1.807) is 17.6 Å². The van der Waals surface area contributed by atoms with Crippen LogP contribution >= 0.6 is 0 Å². The highest BCUT2D eigenvalue weighted by molar-refractivity contribution is 5.92. The van der Waals surface area contributed by atoms with Gasteiger partial charge in [0, 0.05) is 22.6 Å². The van der Waals surface area contributed by atoms with E-state index in [2.05, 4.69) is 0 Å². The highest BCUT2D eigenvalue weighted by atomic mass is 16.7. The van der Waals surface area contributed by atoms with Gasteiger partial charge in [-0.3, -0.25) is 4.79 Å². The van der Waals surface area contributed by atoms with Crippen LogP contribution in [-0.2, 0) is 28.3 Å². The van der Waals surface area contributed by atoms with Crippen molar-refractivity contribution in [1.82, 2.24) is 9.55 Å². The number of benzene rings is 1. The molecule has 1 saturated carbocycles. The molecule has 1 N–H and O–H groups in total. The molecule has 8 heteroatoms. The smallest absolute Gasteiger partial charge is 0.343 e. The molecule has 2 aromatic heterocycles. The van der Waals surface area contributed by atoms with Gasteiger partial charge in [-0.05, 0) is 42.9 Å². The third-order valence-electron chi connectivity index (χ3n) is 7.21. The molecule has 0 amide bonds. The number of aromatic nitrogens is 2. The van der Waals surface area contributed by atoms with Gasteiger partial charge in [0.1, 0.15) is 6.61 Å². The first-order valence-electron chi connectivity index (χ1n) is 10.9. The van der Waals surface area contributed by atoms with Crippen molar-refractivity contribution in [2.24, 2.45) is 0 Å². The van der Waals surface area contributed by atoms with Gasteiger partial charge in [-0.2, -0.15) is 0 Å². The minimum absolute atomic E-state index is 0.122. The number of hydrogen-bond acceptors (Lipinski definition) is 7. The molecule has 0 bridgehead atoms. The fraction of sp³-hybridized carbons (Fsp3) is 0.375. The molecule has 1 aromatic carbocycles. The van der Waals surface area contributed by atoms with E-state index in [-0.39, 0.29) is 25.4 Å². The summed E-state index contributed by atoms with van der Waals surface area (Å²) in [5.74, 6) is 1.09. The SMILES string of the molecule is CC[C@@]1(O)C(=O)OCc2c1cc1n(c2=O)Cc2c-1nc1cc3c(cc1c2C1CC1)OCO3. The molecule has 3 aliphatic heterocycles. The fourth-order valence-electron chi connectivity index (χ4n) is 5.34. The third-order valence-corrected chi connectivity index (χ3v) is 7.21. The number of carbonyl (C=O) groups is 1. The predicted octanol–water partition coefficient (Wildman–Crippen LogP) is 2.69. The van der Waals surface area contributed by atoms with E-state index in [1.807, 2.05) is 12.1 Å². The van der Waals surface area contributed by atoms with Crippen molar-refractivity contribution < 1.29 is 24.1 Å². The predicted molar refractivity (Wildman–Crippen MR) is 113 cm³/mol. The lowest BCUT2D eigenvalue weighted by molar-refractivity contribution is -0.172. The molecule has 0 spiro atoms. The van der Waals surface area contributed by atoms with Crippen molar-refractivity contribution in [3.8, 4) is 22.9 Å². The Morgan fingerprint density at radius 2 is 1.91 bits per heavy atom. The largest absolute Gasteiger partial charge is 0.458 e. The van der Waals surface area contributed by atoms with E-state index in [1.165, 1.54) is 5.56 Å². The van der Waals surface area contributed by atoms with Crippen molar-refractivity contribution in [2.75, 3.05) is 6.79 Å². The van der Waals surface area contributed by atoms with Crippen LogP contribution in [0.3, 0.4) is 0 Å². The summed E-state index contributed by atoms with van der Waals surface area (Å²) in [6.45, 7) is 2.19. The molecule has 1 atom stereocenters. The zero-order valence-corrected chi connectivity index (χ0v) is 17.4. The second-order valence-electron chi connectivity index (χ2n) is 8.95. The Kier molecular flexibility index (Phi) is 3.35. The molecule has 0 saturated heterocycles. The number of cyclic esters (lactones) is 1. The number of carbonyl (C=O) groups excluding carboxylic acids is 1. The second kappa shape index (κ2) is 5.89. The highest BCUT2D eigenvalue weighted by Crippen LogP contribution is 2.50. The lowest BCUT2D eigenvalue weighted by Gasteiger charge is -2.31. The molecule has 32 heavy (non-hydrogen) atoms. The average molecular weight is 432 g/mol. The Morgan fingerprint density at radius 3 is 2.66 bits per heavy atom. The molecule has 0 unspecified atom stereocenters. The van der Waals surface area contributed by atoms with Crippen LogP contribution in [0.2, 0.25) is 0 Å². The molecular weight excluding hydrogens is 412 g/mol. The molecule has 1 aliphatic carbocycles. The van der Waals surface area contributed by atoms with Crippen LogP contribution in [0.25, 0.3) is 22.3 Å². The first kappa shape index (κ1) is 18.2. The van der Waals surface area contributed by atoms with Crippen molar-refractivity contribution in [1.29, 1.82) is 0 Å². The van der Waals surface area contributed by atoms with Gasteiger partial charge in [0.25, 0.3) is 5.56 Å². The maximum atomic E-state index is 13.4. The van der Waals surface area contributed by atoms with Gasteiger partial charge in [-0.15, -0.1) is 0 Å². The van der Waals surface area contributed by atoms with Crippen molar-refractivity contribution in [3.63, 3.8) is 0 Å². The first-order chi connectivity index (χ1) is 15.5. The summed E-state index contributed by atoms with van der Waals surface area (Å²) in [5, 5.41) is 12.1. The Bertz CT molecular complexity index is 1440. The molecule has 4 aliphatic rings. The Morgan fingerprint density at radius 1 is 1.12 bits per heavy atom. The molecule has 0 radical (unpaired) electrons. The fourth-order valence-corrected chi connectivity index (χ4v) is 5.34. The summed E-state index contributed by atoms with van der Waals surface area (Å²) in [6, 6.07) is 5.65. The average Bonchev–Trinajstić information content (AvgIpc) is 3.41. The number of hydrogen-bond donors (Lipinski definition) is 1. The van der Waals surface area contributed by atoms with Gasteiger partial charge in [-0.1, -0.05) is 6.92 Å². The Hall–Kier alpha value is -3.39. The molecule has 8 nitrogen and oxygen atoms in total. The van der Waals surface area contributed by atoms with Crippen LogP contribution in [0.1, 0.15) is 54.4 Å². The number of pyridine rings is 2. The van der Waals surface area contributed by atoms with Crippen LogP contribution in [0.4, 0.5) is 0 Å². The zero-order chi connectivity index (χ0) is 21.8. The molecule has 1 fully saturated rings. The van der Waals surface area contributed by atoms with Gasteiger partial charge < -0.3 is 23.9 Å². The lowest BCUT2D eigenvalue weighted by Crippen LogP contribution is -2.44. The van der Waals surface area contributed by atoms with Crippen LogP contribution in [-0.4, -0.2) is 27.4 Å². The van der Waals surface area contributed by atoms with Gasteiger partial charge in [0.2, 0.25) is 6.79 Å². The van der Waals surface area contributed by atoms with Crippen LogP contribution in [0.5, 0.6) is 11.5 Å². The number of esters is 1. The van der Waals surface area contributed by atoms with E-state index in [9.17, 15) is 14.7 Å². The van der Waals surface area contributed by atoms with Crippen molar-refractivity contribution in [3.05, 3.63) is 50.8 Å². The summed E-state index contributed by atoms with van der Waals surface area (Å²) in [4.78, 5) is 30.7. The van der Waals surface area contributed by atoms with E-state index in [0.717, 1.165) is 35.0 Å². The van der Waals surface area contributed by atoms with E-state index in [0.29, 0.717) is 40.8 Å². The Labute approximate surface area is 182 Å². The number of aliphatic hydroxyl groups is 1. The summed E-state index contributed by atoms with van der Waals surface area (Å²) in [5.41, 5.74) is 3.00. The molecule has 162 valence electrons. The topological polar surface area (TPSA) is 99.9 Å². The van der Waals surface area contributed by atoms with E-state index < -0.39 is 11.6 Å². The van der Waals surface area contributed by atoms with Crippen LogP contribution in [0.15, 0.2) is 23.0 Å². The minimum Gasteiger partial charge on any atom is -0.458 e. The Balaban J connectivity index is 1.53. The van der Waals surface area contributed by atoms with Gasteiger partial charge in [0.05, 0.1) is 29.0 Å². The molecule has 5 heterocycles. The van der Waals surface area contributed by atoms with E-state index >= 15 is 0 Å². The normalized spacial score (nSPS) is 22.5. The minimum atomic E-state index is -1.83. The maximum Gasteiger partial charge on any atom is 0.343 e.